The van der Waals surface area contributed by atoms with Crippen molar-refractivity contribution in [2.24, 2.45) is 22.7 Å². The molecule has 0 unspecified atom stereocenters. The molecule has 0 heterocycles. The number of non-ortho nitro benzene ring substituents is 1. The predicted molar refractivity (Wildman–Crippen MR) is 86.1 cm³/mol. The molecule has 0 radical (unpaired) electrons. The molecule has 0 N–H and O–H groups in total. The van der Waals surface area contributed by atoms with Gasteiger partial charge in [0.1, 0.15) is 0 Å². The molecule has 2 aliphatic rings. The molecule has 0 aliphatic heterocycles. The summed E-state index contributed by atoms with van der Waals surface area (Å²) in [5.41, 5.74) is 0.994. The van der Waals surface area contributed by atoms with Gasteiger partial charge in [0.2, 0.25) is 0 Å². The highest BCUT2D eigenvalue weighted by molar-refractivity contribution is 5.89. The van der Waals surface area contributed by atoms with Gasteiger partial charge in [-0.3, -0.25) is 10.1 Å². The van der Waals surface area contributed by atoms with Crippen LogP contribution in [0.5, 0.6) is 0 Å². The van der Waals surface area contributed by atoms with Gasteiger partial charge in [-0.15, -0.1) is 0 Å². The topological polar surface area (TPSA) is 69.4 Å². The number of hydrogen-bond acceptors (Lipinski definition) is 4. The van der Waals surface area contributed by atoms with Gasteiger partial charge in [0.15, 0.2) is 0 Å². The van der Waals surface area contributed by atoms with Crippen molar-refractivity contribution in [1.29, 1.82) is 0 Å². The number of carbonyl (C=O) groups excluding carboxylic acids is 1. The number of nitro benzene ring substituents is 1. The van der Waals surface area contributed by atoms with E-state index < -0.39 is 10.9 Å². The maximum absolute atomic E-state index is 12.1. The van der Waals surface area contributed by atoms with Crippen LogP contribution in [0.3, 0.4) is 0 Å². The Bertz CT molecular complexity index is 634. The fraction of sp³-hybridized carbons (Fsp3) is 0.611. The summed E-state index contributed by atoms with van der Waals surface area (Å²) in [6, 6.07) is 5.57. The van der Waals surface area contributed by atoms with Gasteiger partial charge in [0.05, 0.1) is 17.1 Å². The second kappa shape index (κ2) is 5.32. The third-order valence-corrected chi connectivity index (χ3v) is 6.51. The second-order valence-electron chi connectivity index (χ2n) is 7.79. The summed E-state index contributed by atoms with van der Waals surface area (Å²) >= 11 is 0. The summed E-state index contributed by atoms with van der Waals surface area (Å²) in [6.45, 7) is 7.47. The van der Waals surface area contributed by atoms with E-state index in [1.807, 2.05) is 0 Å². The number of fused-ring (bicyclic) bond motifs is 2. The summed E-state index contributed by atoms with van der Waals surface area (Å²) in [7, 11) is 0. The Labute approximate surface area is 136 Å². The van der Waals surface area contributed by atoms with E-state index in [2.05, 4.69) is 20.8 Å². The van der Waals surface area contributed by atoms with Gasteiger partial charge in [-0.1, -0.05) is 20.8 Å². The molecule has 23 heavy (non-hydrogen) atoms. The van der Waals surface area contributed by atoms with Crippen LogP contribution in [0.2, 0.25) is 0 Å². The summed E-state index contributed by atoms with van der Waals surface area (Å²) in [6.07, 6.45) is 3.58. The fourth-order valence-electron chi connectivity index (χ4n) is 4.68. The van der Waals surface area contributed by atoms with E-state index in [1.54, 1.807) is 0 Å². The van der Waals surface area contributed by atoms with Crippen LogP contribution in [0.1, 0.15) is 50.4 Å². The highest BCUT2D eigenvalue weighted by atomic mass is 16.6. The monoisotopic (exact) mass is 317 g/mol. The second-order valence-corrected chi connectivity index (χ2v) is 7.79. The van der Waals surface area contributed by atoms with E-state index in [0.717, 1.165) is 6.42 Å². The Kier molecular flexibility index (Phi) is 3.69. The first-order valence-electron chi connectivity index (χ1n) is 8.16. The molecule has 3 rings (SSSR count). The molecule has 124 valence electrons. The smallest absolute Gasteiger partial charge is 0.338 e. The van der Waals surface area contributed by atoms with Crippen LogP contribution in [0.4, 0.5) is 5.69 Å². The Morgan fingerprint density at radius 3 is 2.43 bits per heavy atom. The van der Waals surface area contributed by atoms with Crippen LogP contribution in [-0.4, -0.2) is 17.5 Å². The lowest BCUT2D eigenvalue weighted by atomic mass is 9.71. The lowest BCUT2D eigenvalue weighted by Crippen LogP contribution is -2.26. The zero-order chi connectivity index (χ0) is 16.8. The molecule has 3 atom stereocenters. The van der Waals surface area contributed by atoms with E-state index in [1.165, 1.54) is 37.1 Å². The van der Waals surface area contributed by atoms with Crippen molar-refractivity contribution in [3.05, 3.63) is 39.9 Å². The van der Waals surface area contributed by atoms with Crippen LogP contribution in [-0.2, 0) is 4.74 Å². The van der Waals surface area contributed by atoms with Crippen LogP contribution in [0, 0.1) is 32.8 Å². The number of nitrogens with zero attached hydrogens (tertiary/aromatic N) is 1. The quantitative estimate of drug-likeness (QED) is 0.474. The van der Waals surface area contributed by atoms with Crippen molar-refractivity contribution < 1.29 is 14.5 Å². The van der Waals surface area contributed by atoms with Crippen molar-refractivity contribution in [3.8, 4) is 0 Å². The summed E-state index contributed by atoms with van der Waals surface area (Å²) in [5, 5.41) is 10.6. The molecular formula is C18H23NO4. The lowest BCUT2D eigenvalue weighted by Gasteiger charge is -2.34. The minimum atomic E-state index is -0.479. The van der Waals surface area contributed by atoms with E-state index in [-0.39, 0.29) is 5.69 Å². The number of carbonyl (C=O) groups is 1. The van der Waals surface area contributed by atoms with E-state index in [9.17, 15) is 14.9 Å². The molecule has 1 aromatic rings. The van der Waals surface area contributed by atoms with Crippen molar-refractivity contribution in [2.75, 3.05) is 6.61 Å². The minimum absolute atomic E-state index is 0.0238. The van der Waals surface area contributed by atoms with Crippen LogP contribution in [0.15, 0.2) is 24.3 Å². The van der Waals surface area contributed by atoms with E-state index in [4.69, 9.17) is 4.74 Å². The average Bonchev–Trinajstić information content (AvgIpc) is 2.85. The third kappa shape index (κ3) is 2.52. The summed E-state index contributed by atoms with van der Waals surface area (Å²) < 4.78 is 5.49. The number of hydrogen-bond donors (Lipinski definition) is 0. The third-order valence-electron chi connectivity index (χ3n) is 6.51. The molecule has 2 fully saturated rings. The number of rotatable bonds is 4. The minimum Gasteiger partial charge on any atom is -0.462 e. The zero-order valence-electron chi connectivity index (χ0n) is 13.9. The molecule has 0 saturated heterocycles. The highest BCUT2D eigenvalue weighted by Crippen LogP contribution is 2.67. The van der Waals surface area contributed by atoms with E-state index in [0.29, 0.717) is 34.8 Å². The Morgan fingerprint density at radius 2 is 1.96 bits per heavy atom. The standard InChI is InChI=1S/C18H23NO4/c1-17(2)15-8-9-18(17,3)10-13(15)11-23-16(20)12-4-6-14(7-5-12)19(21)22/h4-7,13,15H,8-11H2,1-3H3/t13-,15-,18-/m1/s1. The molecule has 0 aromatic heterocycles. The first-order chi connectivity index (χ1) is 10.7. The molecule has 1 aromatic carbocycles. The van der Waals surface area contributed by atoms with Crippen LogP contribution >= 0.6 is 0 Å². The zero-order valence-corrected chi connectivity index (χ0v) is 13.9. The van der Waals surface area contributed by atoms with Gasteiger partial charge >= 0.3 is 5.97 Å². The predicted octanol–water partition coefficient (Wildman–Crippen LogP) is 4.21. The molecule has 0 amide bonds. The summed E-state index contributed by atoms with van der Waals surface area (Å²) in [4.78, 5) is 22.3. The molecule has 0 spiro atoms. The highest BCUT2D eigenvalue weighted by Gasteiger charge is 2.60. The van der Waals surface area contributed by atoms with Gasteiger partial charge < -0.3 is 4.74 Å². The van der Waals surface area contributed by atoms with Crippen molar-refractivity contribution in [1.82, 2.24) is 0 Å². The molecule has 2 aliphatic carbocycles. The molecular weight excluding hydrogens is 294 g/mol. The van der Waals surface area contributed by atoms with E-state index >= 15 is 0 Å². The number of benzene rings is 1. The normalized spacial score (nSPS) is 31.1. The van der Waals surface area contributed by atoms with Gasteiger partial charge in [-0.25, -0.2) is 4.79 Å². The summed E-state index contributed by atoms with van der Waals surface area (Å²) in [5.74, 6) is 0.633. The van der Waals surface area contributed by atoms with Crippen molar-refractivity contribution >= 4 is 11.7 Å². The maximum Gasteiger partial charge on any atom is 0.338 e. The Hall–Kier alpha value is -1.91. The maximum atomic E-state index is 12.1. The van der Waals surface area contributed by atoms with Crippen molar-refractivity contribution in [2.45, 2.75) is 40.0 Å². The van der Waals surface area contributed by atoms with Crippen molar-refractivity contribution in [3.63, 3.8) is 0 Å². The first kappa shape index (κ1) is 16.0. The van der Waals surface area contributed by atoms with Gasteiger partial charge in [-0.2, -0.15) is 0 Å². The first-order valence-corrected chi connectivity index (χ1v) is 8.16. The average molecular weight is 317 g/mol. The fourth-order valence-corrected chi connectivity index (χ4v) is 4.68. The number of ether oxygens (including phenoxy) is 1. The van der Waals surface area contributed by atoms with Gasteiger partial charge in [-0.05, 0) is 54.1 Å². The lowest BCUT2D eigenvalue weighted by molar-refractivity contribution is -0.384. The molecule has 2 bridgehead atoms. The van der Waals surface area contributed by atoms with Crippen LogP contribution in [0.25, 0.3) is 0 Å². The van der Waals surface area contributed by atoms with Crippen LogP contribution < -0.4 is 0 Å². The van der Waals surface area contributed by atoms with Gasteiger partial charge in [0.25, 0.3) is 5.69 Å². The Balaban J connectivity index is 1.61. The number of esters is 1. The largest absolute Gasteiger partial charge is 0.462 e. The SMILES string of the molecule is CC1(C)[C@@H]2CC[C@]1(C)C[C@@H]2COC(=O)c1ccc([N+](=O)[O-])cc1. The van der Waals surface area contributed by atoms with Gasteiger partial charge in [0, 0.05) is 12.1 Å². The molecule has 5 heteroatoms. The molecule has 5 nitrogen and oxygen atoms in total. The molecule has 2 saturated carbocycles. The number of nitro groups is 1. The Morgan fingerprint density at radius 1 is 1.30 bits per heavy atom.